The lowest BCUT2D eigenvalue weighted by Gasteiger charge is -2.08. The van der Waals surface area contributed by atoms with E-state index in [1.807, 2.05) is 0 Å². The molecule has 1 aromatic carbocycles. The van der Waals surface area contributed by atoms with E-state index in [4.69, 9.17) is 5.11 Å². The van der Waals surface area contributed by atoms with E-state index < -0.39 is 27.0 Å². The second kappa shape index (κ2) is 7.10. The Labute approximate surface area is 143 Å². The first-order valence-corrected chi connectivity index (χ1v) is 9.44. The number of benzene rings is 1. The number of thiazole rings is 1. The molecule has 0 unspecified atom stereocenters. The predicted octanol–water partition coefficient (Wildman–Crippen LogP) is 1.95. The van der Waals surface area contributed by atoms with E-state index in [0.717, 1.165) is 11.3 Å². The van der Waals surface area contributed by atoms with Crippen LogP contribution >= 0.6 is 11.3 Å². The molecule has 9 heteroatoms. The fraction of sp³-hybridized carbons (Fsp3) is 0.267. The lowest BCUT2D eigenvalue weighted by Crippen LogP contribution is -2.23. The maximum absolute atomic E-state index is 12.1. The Morgan fingerprint density at radius 1 is 1.25 bits per heavy atom. The number of carboxylic acid groups (broad SMARTS) is 1. The summed E-state index contributed by atoms with van der Waals surface area (Å²) < 4.78 is 24.1. The first-order valence-electron chi connectivity index (χ1n) is 7.01. The van der Waals surface area contributed by atoms with E-state index in [1.54, 1.807) is 13.8 Å². The first kappa shape index (κ1) is 18.1. The monoisotopic (exact) mass is 368 g/mol. The summed E-state index contributed by atoms with van der Waals surface area (Å²) in [4.78, 5) is 26.8. The van der Waals surface area contributed by atoms with Gasteiger partial charge in [0.1, 0.15) is 5.01 Å². The minimum absolute atomic E-state index is 0.0625. The lowest BCUT2D eigenvalue weighted by atomic mass is 10.2. The van der Waals surface area contributed by atoms with Gasteiger partial charge in [-0.3, -0.25) is 4.79 Å². The van der Waals surface area contributed by atoms with Crippen LogP contribution in [-0.2, 0) is 16.4 Å². The van der Waals surface area contributed by atoms with Crippen molar-refractivity contribution >= 4 is 33.1 Å². The minimum atomic E-state index is -3.38. The summed E-state index contributed by atoms with van der Waals surface area (Å²) >= 11 is 1.14. The predicted molar refractivity (Wildman–Crippen MR) is 89.0 cm³/mol. The second-order valence-electron chi connectivity index (χ2n) is 5.23. The Morgan fingerprint density at radius 3 is 2.38 bits per heavy atom. The van der Waals surface area contributed by atoms with Gasteiger partial charge in [0.2, 0.25) is 0 Å². The number of aromatic nitrogens is 1. The van der Waals surface area contributed by atoms with E-state index in [9.17, 15) is 18.0 Å². The van der Waals surface area contributed by atoms with Crippen LogP contribution in [0.1, 0.15) is 39.7 Å². The topological polar surface area (TPSA) is 113 Å². The third-order valence-electron chi connectivity index (χ3n) is 3.24. The Balaban J connectivity index is 2.03. The van der Waals surface area contributed by atoms with Gasteiger partial charge >= 0.3 is 5.97 Å². The molecule has 0 aliphatic rings. The van der Waals surface area contributed by atoms with Crippen LogP contribution in [-0.4, -0.2) is 35.6 Å². The van der Waals surface area contributed by atoms with Crippen molar-refractivity contribution in [1.29, 1.82) is 0 Å². The fourth-order valence-corrected chi connectivity index (χ4v) is 3.58. The molecule has 1 heterocycles. The van der Waals surface area contributed by atoms with Gasteiger partial charge in [0.25, 0.3) is 5.91 Å². The van der Waals surface area contributed by atoms with Gasteiger partial charge in [-0.05, 0) is 38.1 Å². The van der Waals surface area contributed by atoms with Gasteiger partial charge in [0.15, 0.2) is 15.5 Å². The number of amides is 1. The summed E-state index contributed by atoms with van der Waals surface area (Å²) in [6.45, 7) is 3.29. The third kappa shape index (κ3) is 3.98. The molecule has 7 nitrogen and oxygen atoms in total. The van der Waals surface area contributed by atoms with Crippen molar-refractivity contribution in [1.82, 2.24) is 10.3 Å². The highest BCUT2D eigenvalue weighted by molar-refractivity contribution is 7.92. The van der Waals surface area contributed by atoms with E-state index in [0.29, 0.717) is 10.6 Å². The maximum atomic E-state index is 12.1. The van der Waals surface area contributed by atoms with Gasteiger partial charge in [-0.1, -0.05) is 0 Å². The quantitative estimate of drug-likeness (QED) is 0.806. The number of nitrogens with one attached hydrogen (secondary N) is 1. The van der Waals surface area contributed by atoms with Crippen LogP contribution in [0.15, 0.2) is 34.5 Å². The Kier molecular flexibility index (Phi) is 5.35. The van der Waals surface area contributed by atoms with Crippen LogP contribution in [0, 0.1) is 0 Å². The molecule has 0 aliphatic carbocycles. The summed E-state index contributed by atoms with van der Waals surface area (Å²) in [5.74, 6) is -1.51. The molecule has 1 aromatic heterocycles. The molecule has 0 radical (unpaired) electrons. The fourth-order valence-electron chi connectivity index (χ4n) is 1.82. The zero-order valence-corrected chi connectivity index (χ0v) is 14.6. The number of nitrogens with zero attached hydrogens (tertiary/aromatic N) is 1. The Hall–Kier alpha value is -2.26. The summed E-state index contributed by atoms with van der Waals surface area (Å²) in [7, 11) is -3.38. The number of hydrogen-bond acceptors (Lipinski definition) is 6. The summed E-state index contributed by atoms with van der Waals surface area (Å²) in [6, 6.07) is 5.68. The Morgan fingerprint density at radius 2 is 1.88 bits per heavy atom. The third-order valence-corrected chi connectivity index (χ3v) is 6.26. The van der Waals surface area contributed by atoms with Crippen LogP contribution in [0.25, 0.3) is 0 Å². The van der Waals surface area contributed by atoms with Gasteiger partial charge in [-0.2, -0.15) is 0 Å². The number of aromatic carboxylic acids is 1. The molecule has 0 fully saturated rings. The van der Waals surface area contributed by atoms with Crippen LogP contribution in [0.2, 0.25) is 0 Å². The molecule has 24 heavy (non-hydrogen) atoms. The summed E-state index contributed by atoms with van der Waals surface area (Å²) in [5, 5.41) is 12.7. The van der Waals surface area contributed by atoms with E-state index in [1.165, 1.54) is 29.6 Å². The molecule has 0 saturated carbocycles. The molecule has 0 aliphatic heterocycles. The van der Waals surface area contributed by atoms with Crippen molar-refractivity contribution in [3.05, 3.63) is 45.9 Å². The van der Waals surface area contributed by atoms with Gasteiger partial charge < -0.3 is 10.4 Å². The average molecular weight is 368 g/mol. The second-order valence-corrected chi connectivity index (χ2v) is 8.68. The zero-order chi connectivity index (χ0) is 17.9. The lowest BCUT2D eigenvalue weighted by molar-refractivity contribution is 0.0691. The largest absolute Gasteiger partial charge is 0.476 e. The molecule has 2 rings (SSSR count). The van der Waals surface area contributed by atoms with Crippen molar-refractivity contribution in [3.8, 4) is 0 Å². The van der Waals surface area contributed by atoms with Crippen molar-refractivity contribution < 1.29 is 23.1 Å². The van der Waals surface area contributed by atoms with Crippen LogP contribution in [0.3, 0.4) is 0 Å². The van der Waals surface area contributed by atoms with Gasteiger partial charge in [0, 0.05) is 10.9 Å². The first-order chi connectivity index (χ1) is 11.2. The summed E-state index contributed by atoms with van der Waals surface area (Å²) in [5.41, 5.74) is 0.250. The highest BCUT2D eigenvalue weighted by Gasteiger charge is 2.19. The number of carbonyl (C=O) groups is 2. The molecule has 2 N–H and O–H groups in total. The van der Waals surface area contributed by atoms with E-state index in [-0.39, 0.29) is 17.1 Å². The van der Waals surface area contributed by atoms with Crippen molar-refractivity contribution in [2.24, 2.45) is 0 Å². The Bertz CT molecular complexity index is 854. The highest BCUT2D eigenvalue weighted by atomic mass is 32.2. The molecular weight excluding hydrogens is 352 g/mol. The van der Waals surface area contributed by atoms with E-state index >= 15 is 0 Å². The number of carbonyl (C=O) groups excluding carboxylic acids is 1. The van der Waals surface area contributed by atoms with Crippen LogP contribution in [0.5, 0.6) is 0 Å². The number of rotatable bonds is 6. The molecule has 0 spiro atoms. The summed E-state index contributed by atoms with van der Waals surface area (Å²) in [6.07, 6.45) is 0. The molecule has 128 valence electrons. The molecular formula is C15H16N2O5S2. The highest BCUT2D eigenvalue weighted by Crippen LogP contribution is 2.16. The smallest absolute Gasteiger partial charge is 0.355 e. The van der Waals surface area contributed by atoms with Crippen molar-refractivity contribution in [3.63, 3.8) is 0 Å². The average Bonchev–Trinajstić information content (AvgIpc) is 3.02. The molecule has 1 amide bonds. The van der Waals surface area contributed by atoms with Gasteiger partial charge in [-0.25, -0.2) is 18.2 Å². The van der Waals surface area contributed by atoms with Gasteiger partial charge in [-0.15, -0.1) is 11.3 Å². The maximum Gasteiger partial charge on any atom is 0.355 e. The standard InChI is InChI=1S/C15H16N2O5S2/c1-9(2)24(21,22)11-5-3-10(4-6-11)14(18)16-7-13-17-12(8-23-13)15(19)20/h3-6,8-9H,7H2,1-2H3,(H,16,18)(H,19,20). The van der Waals surface area contributed by atoms with Crippen LogP contribution < -0.4 is 5.32 Å². The number of sulfone groups is 1. The number of carboxylic acids is 1. The SMILES string of the molecule is CC(C)S(=O)(=O)c1ccc(C(=O)NCc2nc(C(=O)O)cs2)cc1. The molecule has 0 atom stereocenters. The van der Waals surface area contributed by atoms with Gasteiger partial charge in [0.05, 0.1) is 16.7 Å². The van der Waals surface area contributed by atoms with Crippen molar-refractivity contribution in [2.75, 3.05) is 0 Å². The minimum Gasteiger partial charge on any atom is -0.476 e. The van der Waals surface area contributed by atoms with Crippen molar-refractivity contribution in [2.45, 2.75) is 30.5 Å². The van der Waals surface area contributed by atoms with E-state index in [2.05, 4.69) is 10.3 Å². The molecule has 2 aromatic rings. The normalized spacial score (nSPS) is 11.5. The van der Waals surface area contributed by atoms with Crippen LogP contribution in [0.4, 0.5) is 0 Å². The number of hydrogen-bond donors (Lipinski definition) is 2. The molecule has 0 saturated heterocycles. The molecule has 0 bridgehead atoms. The zero-order valence-electron chi connectivity index (χ0n) is 13.0.